The molecule has 3 aromatic rings. The van der Waals surface area contributed by atoms with E-state index in [1.165, 1.54) is 28.8 Å². The van der Waals surface area contributed by atoms with Crippen molar-refractivity contribution in [3.05, 3.63) is 47.0 Å². The number of fused-ring (bicyclic) bond motifs is 1. The molecule has 1 fully saturated rings. The molecule has 1 amide bonds. The fraction of sp³-hybridized carbons (Fsp3) is 0.300. The number of aromatic nitrogens is 1. The number of hydrogen-bond donors (Lipinski definition) is 1. The molecule has 1 aliphatic rings. The summed E-state index contributed by atoms with van der Waals surface area (Å²) in [5.41, 5.74) is 0.892. The van der Waals surface area contributed by atoms with Crippen LogP contribution >= 0.6 is 22.9 Å². The number of nitrogens with one attached hydrogen (secondary N) is 1. The molecule has 4 rings (SSSR count). The summed E-state index contributed by atoms with van der Waals surface area (Å²) in [6.45, 7) is 2.32. The first-order chi connectivity index (χ1) is 14.8. The number of likely N-dealkylation sites (N-methyl/N-ethyl adjacent to an activating group) is 1. The minimum absolute atomic E-state index is 0.225. The van der Waals surface area contributed by atoms with E-state index in [1.807, 2.05) is 7.05 Å². The number of rotatable bonds is 5. The first kappa shape index (κ1) is 22.0. The normalized spacial score (nSPS) is 15.8. The number of carbonyl (C=O) groups is 1. The number of anilines is 1. The Hall–Kier alpha value is -2.24. The highest BCUT2D eigenvalue weighted by molar-refractivity contribution is 7.89. The SMILES string of the molecule is COc1ccc(Cl)cc1C(=O)Nc1nc2ccc(S(=O)(=O)N3CCN(C)CC3)cc2s1. The number of carbonyl (C=O) groups excluding carboxylic acids is 1. The maximum absolute atomic E-state index is 13.0. The second-order valence-electron chi connectivity index (χ2n) is 7.15. The van der Waals surface area contributed by atoms with Gasteiger partial charge < -0.3 is 9.64 Å². The molecule has 0 unspecified atom stereocenters. The van der Waals surface area contributed by atoms with E-state index in [0.29, 0.717) is 52.3 Å². The molecule has 11 heteroatoms. The van der Waals surface area contributed by atoms with Gasteiger partial charge >= 0.3 is 0 Å². The Morgan fingerprint density at radius 1 is 1.16 bits per heavy atom. The zero-order valence-electron chi connectivity index (χ0n) is 17.0. The Balaban J connectivity index is 1.58. The standard InChI is InChI=1S/C20H21ClN4O4S2/c1-24-7-9-25(10-8-24)31(27,28)14-4-5-16-18(12-14)30-20(22-16)23-19(26)15-11-13(21)3-6-17(15)29-2/h3-6,11-12H,7-10H2,1-2H3,(H,22,23,26). The maximum Gasteiger partial charge on any atom is 0.261 e. The summed E-state index contributed by atoms with van der Waals surface area (Å²) < 4.78 is 33.4. The summed E-state index contributed by atoms with van der Waals surface area (Å²) >= 11 is 7.21. The van der Waals surface area contributed by atoms with Crippen LogP contribution in [0, 0.1) is 0 Å². The highest BCUT2D eigenvalue weighted by Gasteiger charge is 2.28. The van der Waals surface area contributed by atoms with E-state index in [1.54, 1.807) is 30.3 Å². The Kier molecular flexibility index (Phi) is 6.18. The van der Waals surface area contributed by atoms with Gasteiger partial charge in [0.05, 0.1) is 27.8 Å². The van der Waals surface area contributed by atoms with E-state index in [-0.39, 0.29) is 10.5 Å². The van der Waals surface area contributed by atoms with Crippen molar-refractivity contribution in [1.29, 1.82) is 0 Å². The van der Waals surface area contributed by atoms with Gasteiger partial charge in [0.15, 0.2) is 5.13 Å². The quantitative estimate of drug-likeness (QED) is 0.603. The summed E-state index contributed by atoms with van der Waals surface area (Å²) in [4.78, 5) is 19.4. The average molecular weight is 481 g/mol. The Bertz CT molecular complexity index is 1240. The van der Waals surface area contributed by atoms with Crippen molar-refractivity contribution in [3.63, 3.8) is 0 Å². The van der Waals surface area contributed by atoms with E-state index in [2.05, 4.69) is 15.2 Å². The molecule has 2 heterocycles. The predicted octanol–water partition coefficient (Wildman–Crippen LogP) is 3.15. The number of ether oxygens (including phenoxy) is 1. The van der Waals surface area contributed by atoms with Gasteiger partial charge in [-0.15, -0.1) is 0 Å². The van der Waals surface area contributed by atoms with Gasteiger partial charge in [-0.05, 0) is 43.4 Å². The summed E-state index contributed by atoms with van der Waals surface area (Å²) in [5, 5.41) is 3.51. The van der Waals surface area contributed by atoms with Crippen molar-refractivity contribution in [2.75, 3.05) is 45.7 Å². The lowest BCUT2D eigenvalue weighted by atomic mass is 10.2. The lowest BCUT2D eigenvalue weighted by Crippen LogP contribution is -2.46. The van der Waals surface area contributed by atoms with Crippen LogP contribution in [-0.2, 0) is 10.0 Å². The first-order valence-electron chi connectivity index (χ1n) is 9.52. The third-order valence-corrected chi connectivity index (χ3v) is 8.15. The fourth-order valence-corrected chi connectivity index (χ4v) is 5.91. The summed E-state index contributed by atoms with van der Waals surface area (Å²) in [7, 11) is -0.134. The van der Waals surface area contributed by atoms with Crippen molar-refractivity contribution >= 4 is 54.2 Å². The molecule has 0 saturated carbocycles. The highest BCUT2D eigenvalue weighted by atomic mass is 35.5. The third-order valence-electron chi connectivity index (χ3n) is 5.09. The molecule has 0 radical (unpaired) electrons. The average Bonchev–Trinajstić information content (AvgIpc) is 3.15. The third kappa shape index (κ3) is 4.53. The highest BCUT2D eigenvalue weighted by Crippen LogP contribution is 2.31. The second kappa shape index (κ2) is 8.71. The molecule has 1 N–H and O–H groups in total. The summed E-state index contributed by atoms with van der Waals surface area (Å²) in [6, 6.07) is 9.59. The van der Waals surface area contributed by atoms with E-state index < -0.39 is 15.9 Å². The zero-order valence-corrected chi connectivity index (χ0v) is 19.4. The number of benzene rings is 2. The number of sulfonamides is 1. The first-order valence-corrected chi connectivity index (χ1v) is 12.2. The smallest absolute Gasteiger partial charge is 0.261 e. The molecule has 0 spiro atoms. The monoisotopic (exact) mass is 480 g/mol. The minimum atomic E-state index is -3.58. The molecule has 1 aromatic heterocycles. The second-order valence-corrected chi connectivity index (χ2v) is 10.6. The molecule has 1 saturated heterocycles. The zero-order chi connectivity index (χ0) is 22.2. The lowest BCUT2D eigenvalue weighted by molar-refractivity contribution is 0.102. The molecule has 8 nitrogen and oxygen atoms in total. The van der Waals surface area contributed by atoms with Crippen molar-refractivity contribution < 1.29 is 17.9 Å². The number of thiazole rings is 1. The van der Waals surface area contributed by atoms with Crippen LogP contribution in [0.4, 0.5) is 5.13 Å². The number of nitrogens with zero attached hydrogens (tertiary/aromatic N) is 3. The van der Waals surface area contributed by atoms with Crippen molar-refractivity contribution in [2.45, 2.75) is 4.90 Å². The molecule has 0 bridgehead atoms. The maximum atomic E-state index is 13.0. The van der Waals surface area contributed by atoms with Gasteiger partial charge in [-0.25, -0.2) is 13.4 Å². The number of hydrogen-bond acceptors (Lipinski definition) is 7. The van der Waals surface area contributed by atoms with Crippen LogP contribution in [0.2, 0.25) is 5.02 Å². The van der Waals surface area contributed by atoms with E-state index in [4.69, 9.17) is 16.3 Å². The Labute approximate surface area is 189 Å². The molecule has 0 atom stereocenters. The number of amides is 1. The molecular weight excluding hydrogens is 460 g/mol. The molecule has 31 heavy (non-hydrogen) atoms. The van der Waals surface area contributed by atoms with Crippen LogP contribution in [-0.4, -0.2) is 68.9 Å². The Morgan fingerprint density at radius 2 is 1.90 bits per heavy atom. The summed E-state index contributed by atoms with van der Waals surface area (Å²) in [5.74, 6) is -0.0211. The number of methoxy groups -OCH3 is 1. The van der Waals surface area contributed by atoms with Crippen molar-refractivity contribution in [1.82, 2.24) is 14.2 Å². The largest absolute Gasteiger partial charge is 0.496 e. The van der Waals surface area contributed by atoms with Gasteiger partial charge in [0.2, 0.25) is 10.0 Å². The Morgan fingerprint density at radius 3 is 2.61 bits per heavy atom. The van der Waals surface area contributed by atoms with Crippen LogP contribution in [0.5, 0.6) is 5.75 Å². The van der Waals surface area contributed by atoms with Gasteiger partial charge in [0.25, 0.3) is 5.91 Å². The number of piperazine rings is 1. The molecule has 0 aliphatic carbocycles. The van der Waals surface area contributed by atoms with Gasteiger partial charge in [-0.1, -0.05) is 22.9 Å². The van der Waals surface area contributed by atoms with Crippen LogP contribution in [0.25, 0.3) is 10.2 Å². The van der Waals surface area contributed by atoms with Crippen LogP contribution < -0.4 is 10.1 Å². The fourth-order valence-electron chi connectivity index (χ4n) is 3.32. The molecular formula is C20H21ClN4O4S2. The van der Waals surface area contributed by atoms with Gasteiger partial charge in [-0.3, -0.25) is 10.1 Å². The van der Waals surface area contributed by atoms with Crippen LogP contribution in [0.3, 0.4) is 0 Å². The van der Waals surface area contributed by atoms with Crippen molar-refractivity contribution in [2.24, 2.45) is 0 Å². The lowest BCUT2D eigenvalue weighted by Gasteiger charge is -2.31. The van der Waals surface area contributed by atoms with E-state index >= 15 is 0 Å². The number of halogens is 1. The van der Waals surface area contributed by atoms with Crippen molar-refractivity contribution in [3.8, 4) is 5.75 Å². The van der Waals surface area contributed by atoms with Gasteiger partial charge in [0.1, 0.15) is 5.75 Å². The van der Waals surface area contributed by atoms with E-state index in [0.717, 1.165) is 0 Å². The van der Waals surface area contributed by atoms with Crippen LogP contribution in [0.1, 0.15) is 10.4 Å². The molecule has 2 aromatic carbocycles. The topological polar surface area (TPSA) is 91.8 Å². The van der Waals surface area contributed by atoms with Gasteiger partial charge in [-0.2, -0.15) is 4.31 Å². The summed E-state index contributed by atoms with van der Waals surface area (Å²) in [6.07, 6.45) is 0. The van der Waals surface area contributed by atoms with Crippen LogP contribution in [0.15, 0.2) is 41.3 Å². The minimum Gasteiger partial charge on any atom is -0.496 e. The van der Waals surface area contributed by atoms with Gasteiger partial charge in [0, 0.05) is 31.2 Å². The molecule has 164 valence electrons. The predicted molar refractivity (Wildman–Crippen MR) is 122 cm³/mol. The van der Waals surface area contributed by atoms with E-state index in [9.17, 15) is 13.2 Å². The molecule has 1 aliphatic heterocycles.